The molecule has 0 aromatic heterocycles. The van der Waals surface area contributed by atoms with Crippen molar-refractivity contribution in [2.45, 2.75) is 51.0 Å². The van der Waals surface area contributed by atoms with Crippen molar-refractivity contribution < 1.29 is 34.5 Å². The highest BCUT2D eigenvalue weighted by molar-refractivity contribution is 5.87. The van der Waals surface area contributed by atoms with Crippen LogP contribution in [0.3, 0.4) is 0 Å². The van der Waals surface area contributed by atoms with Gasteiger partial charge in [0.05, 0.1) is 16.2 Å². The van der Waals surface area contributed by atoms with Gasteiger partial charge < -0.3 is 20.6 Å². The highest BCUT2D eigenvalue weighted by Gasteiger charge is 2.74. The summed E-state index contributed by atoms with van der Waals surface area (Å²) in [6.07, 6.45) is 0.0000142. The van der Waals surface area contributed by atoms with E-state index in [-0.39, 0.29) is 38.5 Å². The van der Waals surface area contributed by atoms with E-state index in [1.54, 1.807) is 0 Å². The fourth-order valence-corrected chi connectivity index (χ4v) is 5.82. The number of carboxylic acids is 3. The first-order valence-electron chi connectivity index (χ1n) is 7.48. The van der Waals surface area contributed by atoms with Gasteiger partial charge in [0.15, 0.2) is 0 Å². The molecule has 0 radical (unpaired) electrons. The van der Waals surface area contributed by atoms with Crippen LogP contribution in [0.4, 0.5) is 0 Å². The van der Waals surface area contributed by atoms with Crippen LogP contribution in [-0.4, -0.2) is 44.7 Å². The van der Waals surface area contributed by atoms with Gasteiger partial charge in [-0.05, 0) is 38.5 Å². The average Bonchev–Trinajstić information content (AvgIpc) is 2.34. The summed E-state index contributed by atoms with van der Waals surface area (Å²) in [5.41, 5.74) is -5.36. The molecule has 0 heterocycles. The van der Waals surface area contributed by atoms with Crippen molar-refractivity contribution in [3.05, 3.63) is 0 Å². The van der Waals surface area contributed by atoms with E-state index in [1.165, 1.54) is 6.92 Å². The van der Waals surface area contributed by atoms with Crippen LogP contribution in [0.15, 0.2) is 0 Å². The molecule has 1 amide bonds. The Morgan fingerprint density at radius 2 is 1.00 bits per heavy atom. The maximum Gasteiger partial charge on any atom is 0.309 e. The molecular formula is C15H19NO7. The summed E-state index contributed by atoms with van der Waals surface area (Å²) in [6.45, 7) is 1.27. The van der Waals surface area contributed by atoms with Crippen LogP contribution in [0.2, 0.25) is 0 Å². The van der Waals surface area contributed by atoms with E-state index in [9.17, 15) is 34.5 Å². The Balaban J connectivity index is 2.20. The van der Waals surface area contributed by atoms with Crippen LogP contribution >= 0.6 is 0 Å². The van der Waals surface area contributed by atoms with E-state index in [1.807, 2.05) is 0 Å². The molecule has 0 unspecified atom stereocenters. The number of carbonyl (C=O) groups is 4. The number of amides is 1. The molecule has 0 atom stereocenters. The van der Waals surface area contributed by atoms with Crippen molar-refractivity contribution in [3.63, 3.8) is 0 Å². The first kappa shape index (κ1) is 15.8. The normalized spacial score (nSPS) is 43.9. The third-order valence-corrected chi connectivity index (χ3v) is 5.86. The van der Waals surface area contributed by atoms with Crippen molar-refractivity contribution in [2.75, 3.05) is 0 Å². The third-order valence-electron chi connectivity index (χ3n) is 5.86. The molecular weight excluding hydrogens is 306 g/mol. The second kappa shape index (κ2) is 4.24. The predicted octanol–water partition coefficient (Wildman–Crippen LogP) is 0.456. The molecule has 4 N–H and O–H groups in total. The number of hydrogen-bond donors (Lipinski definition) is 4. The number of hydrogen-bond acceptors (Lipinski definition) is 4. The molecule has 0 aliphatic heterocycles. The number of carboxylic acid groups (broad SMARTS) is 3. The zero-order valence-electron chi connectivity index (χ0n) is 12.7. The smallest absolute Gasteiger partial charge is 0.309 e. The molecule has 4 bridgehead atoms. The first-order chi connectivity index (χ1) is 10.5. The van der Waals surface area contributed by atoms with Gasteiger partial charge in [0.1, 0.15) is 0 Å². The lowest BCUT2D eigenvalue weighted by molar-refractivity contribution is -0.216. The Labute approximate surface area is 131 Å². The summed E-state index contributed by atoms with van der Waals surface area (Å²) in [5.74, 6) is -3.94. The lowest BCUT2D eigenvalue weighted by Crippen LogP contribution is -2.73. The van der Waals surface area contributed by atoms with Gasteiger partial charge in [0.25, 0.3) is 0 Å². The molecule has 4 saturated carbocycles. The molecule has 4 rings (SSSR count). The Kier molecular flexibility index (Phi) is 2.91. The molecule has 23 heavy (non-hydrogen) atoms. The quantitative estimate of drug-likeness (QED) is 0.588. The number of nitrogens with one attached hydrogen (secondary N) is 1. The molecule has 8 nitrogen and oxygen atoms in total. The van der Waals surface area contributed by atoms with Crippen molar-refractivity contribution in [2.24, 2.45) is 16.2 Å². The van der Waals surface area contributed by atoms with Crippen molar-refractivity contribution in [3.8, 4) is 0 Å². The van der Waals surface area contributed by atoms with Gasteiger partial charge in [0, 0.05) is 12.5 Å². The number of rotatable bonds is 4. The highest BCUT2D eigenvalue weighted by atomic mass is 16.4. The SMILES string of the molecule is CC(=O)NC12CC3(C(=O)O)CC(C(=O)O)(C1)CC(C(=O)O)(C2)C3. The summed E-state index contributed by atoms with van der Waals surface area (Å²) in [6, 6.07) is 0. The second-order valence-corrected chi connectivity index (χ2v) is 7.78. The standard InChI is InChI=1S/C15H19NO7/c1-8(17)16-15-5-12(9(18)19)2-13(6-15,10(20)21)4-14(3-12,7-15)11(22)23/h2-7H2,1H3,(H,16,17)(H,18,19)(H,20,21)(H,22,23). The molecule has 4 fully saturated rings. The van der Waals surface area contributed by atoms with Gasteiger partial charge in [0.2, 0.25) is 5.91 Å². The minimum Gasteiger partial charge on any atom is -0.481 e. The van der Waals surface area contributed by atoms with Gasteiger partial charge in [-0.3, -0.25) is 19.2 Å². The fraction of sp³-hybridized carbons (Fsp3) is 0.733. The molecule has 0 spiro atoms. The van der Waals surface area contributed by atoms with Gasteiger partial charge in [-0.2, -0.15) is 0 Å². The third kappa shape index (κ3) is 1.96. The van der Waals surface area contributed by atoms with E-state index in [0.29, 0.717) is 0 Å². The maximum atomic E-state index is 11.9. The topological polar surface area (TPSA) is 141 Å². The molecule has 0 saturated heterocycles. The van der Waals surface area contributed by atoms with E-state index >= 15 is 0 Å². The summed E-state index contributed by atoms with van der Waals surface area (Å²) in [7, 11) is 0. The lowest BCUT2D eigenvalue weighted by atomic mass is 9.37. The molecule has 8 heteroatoms. The minimum atomic E-state index is -1.42. The number of aliphatic carboxylic acids is 3. The largest absolute Gasteiger partial charge is 0.481 e. The van der Waals surface area contributed by atoms with Crippen LogP contribution in [0.1, 0.15) is 45.4 Å². The minimum absolute atomic E-state index is 0.0823. The Hall–Kier alpha value is -2.12. The Bertz CT molecular complexity index is 558. The van der Waals surface area contributed by atoms with Gasteiger partial charge >= 0.3 is 17.9 Å². The predicted molar refractivity (Wildman–Crippen MR) is 74.5 cm³/mol. The fourth-order valence-electron chi connectivity index (χ4n) is 5.82. The van der Waals surface area contributed by atoms with Crippen LogP contribution < -0.4 is 5.32 Å². The monoisotopic (exact) mass is 325 g/mol. The molecule has 4 aliphatic rings. The summed E-state index contributed by atoms with van der Waals surface area (Å²) < 4.78 is 0. The number of carbonyl (C=O) groups excluding carboxylic acids is 1. The lowest BCUT2D eigenvalue weighted by Gasteiger charge is -2.66. The maximum absolute atomic E-state index is 11.9. The van der Waals surface area contributed by atoms with E-state index in [0.717, 1.165) is 0 Å². The summed E-state index contributed by atoms with van der Waals surface area (Å²) in [4.78, 5) is 47.3. The van der Waals surface area contributed by atoms with Crippen molar-refractivity contribution >= 4 is 23.8 Å². The summed E-state index contributed by atoms with van der Waals surface area (Å²) >= 11 is 0. The van der Waals surface area contributed by atoms with Gasteiger partial charge in [-0.1, -0.05) is 0 Å². The van der Waals surface area contributed by atoms with Crippen LogP contribution in [0.5, 0.6) is 0 Å². The molecule has 4 aliphatic carbocycles. The van der Waals surface area contributed by atoms with Gasteiger partial charge in [-0.15, -0.1) is 0 Å². The first-order valence-corrected chi connectivity index (χ1v) is 7.48. The van der Waals surface area contributed by atoms with Crippen LogP contribution in [0, 0.1) is 16.2 Å². The van der Waals surface area contributed by atoms with E-state index < -0.39 is 45.6 Å². The zero-order valence-corrected chi connectivity index (χ0v) is 12.7. The van der Waals surface area contributed by atoms with Gasteiger partial charge in [-0.25, -0.2) is 0 Å². The van der Waals surface area contributed by atoms with E-state index in [4.69, 9.17) is 0 Å². The van der Waals surface area contributed by atoms with Crippen molar-refractivity contribution in [1.29, 1.82) is 0 Å². The van der Waals surface area contributed by atoms with Crippen molar-refractivity contribution in [1.82, 2.24) is 5.32 Å². The molecule has 0 aromatic carbocycles. The van der Waals surface area contributed by atoms with Crippen LogP contribution in [-0.2, 0) is 19.2 Å². The highest BCUT2D eigenvalue weighted by Crippen LogP contribution is 2.71. The van der Waals surface area contributed by atoms with E-state index in [2.05, 4.69) is 5.32 Å². The van der Waals surface area contributed by atoms with Crippen LogP contribution in [0.25, 0.3) is 0 Å². The average molecular weight is 325 g/mol. The zero-order chi connectivity index (χ0) is 17.3. The second-order valence-electron chi connectivity index (χ2n) is 7.78. The molecule has 126 valence electrons. The Morgan fingerprint density at radius 1 is 0.696 bits per heavy atom. The molecule has 0 aromatic rings. The summed E-state index contributed by atoms with van der Waals surface area (Å²) in [5, 5.41) is 31.9. The Morgan fingerprint density at radius 3 is 1.22 bits per heavy atom.